The summed E-state index contributed by atoms with van der Waals surface area (Å²) in [6.07, 6.45) is 1.94. The zero-order valence-corrected chi connectivity index (χ0v) is 8.46. The Morgan fingerprint density at radius 2 is 2.31 bits per heavy atom. The molecule has 3 nitrogen and oxygen atoms in total. The number of hydrogen-bond donors (Lipinski definition) is 1. The van der Waals surface area contributed by atoms with E-state index >= 15 is 0 Å². The third kappa shape index (κ3) is 3.20. The van der Waals surface area contributed by atoms with Crippen LogP contribution in [0.1, 0.15) is 25.2 Å². The van der Waals surface area contributed by atoms with Crippen LogP contribution in [-0.2, 0) is 17.9 Å². The molecule has 3 heteroatoms. The molecule has 0 bridgehead atoms. The van der Waals surface area contributed by atoms with Crippen LogP contribution >= 0.6 is 0 Å². The summed E-state index contributed by atoms with van der Waals surface area (Å²) in [5.74, 6) is 0.919. The average Bonchev–Trinajstić information content (AvgIpc) is 2.49. The number of ether oxygens (including phenoxy) is 1. The summed E-state index contributed by atoms with van der Waals surface area (Å²) >= 11 is 0. The molecule has 1 rings (SSSR count). The second kappa shape index (κ2) is 5.04. The Balaban J connectivity index is 2.49. The fraction of sp³-hybridized carbons (Fsp3) is 0.600. The van der Waals surface area contributed by atoms with Gasteiger partial charge >= 0.3 is 0 Å². The van der Waals surface area contributed by atoms with E-state index in [1.165, 1.54) is 5.56 Å². The van der Waals surface area contributed by atoms with E-state index in [0.717, 1.165) is 12.3 Å². The normalized spacial score (nSPS) is 11.1. The minimum atomic E-state index is 0.243. The van der Waals surface area contributed by atoms with Crippen LogP contribution in [-0.4, -0.2) is 13.2 Å². The van der Waals surface area contributed by atoms with Crippen molar-refractivity contribution in [3.05, 3.63) is 23.7 Å². The molecule has 1 aromatic heterocycles. The van der Waals surface area contributed by atoms with E-state index < -0.39 is 0 Å². The summed E-state index contributed by atoms with van der Waals surface area (Å²) in [5, 5.41) is 3.08. The molecule has 0 spiro atoms. The molecule has 74 valence electrons. The van der Waals surface area contributed by atoms with Crippen LogP contribution in [0.4, 0.5) is 0 Å². The molecule has 1 heterocycles. The molecule has 0 fully saturated rings. The first-order valence-electron chi connectivity index (χ1n) is 4.55. The van der Waals surface area contributed by atoms with Gasteiger partial charge < -0.3 is 14.5 Å². The molecule has 13 heavy (non-hydrogen) atoms. The SMILES string of the molecule is CNCc1ccoc1COC(C)C. The minimum Gasteiger partial charge on any atom is -0.467 e. The van der Waals surface area contributed by atoms with Crippen molar-refractivity contribution in [3.8, 4) is 0 Å². The first-order valence-corrected chi connectivity index (χ1v) is 4.55. The Bertz CT molecular complexity index is 243. The highest BCUT2D eigenvalue weighted by Crippen LogP contribution is 2.12. The lowest BCUT2D eigenvalue weighted by molar-refractivity contribution is 0.0539. The second-order valence-corrected chi connectivity index (χ2v) is 3.26. The fourth-order valence-corrected chi connectivity index (χ4v) is 1.08. The van der Waals surface area contributed by atoms with Gasteiger partial charge in [0.1, 0.15) is 12.4 Å². The molecule has 1 aromatic rings. The molecule has 0 aliphatic carbocycles. The molecular formula is C10H17NO2. The van der Waals surface area contributed by atoms with Gasteiger partial charge in [-0.3, -0.25) is 0 Å². The van der Waals surface area contributed by atoms with Gasteiger partial charge in [0.2, 0.25) is 0 Å². The maximum Gasteiger partial charge on any atom is 0.133 e. The monoisotopic (exact) mass is 183 g/mol. The van der Waals surface area contributed by atoms with Crippen LogP contribution < -0.4 is 5.32 Å². The van der Waals surface area contributed by atoms with Gasteiger partial charge in [0, 0.05) is 12.1 Å². The molecule has 0 amide bonds. The number of hydrogen-bond acceptors (Lipinski definition) is 3. The van der Waals surface area contributed by atoms with Gasteiger partial charge in [-0.15, -0.1) is 0 Å². The van der Waals surface area contributed by atoms with Gasteiger partial charge in [0.05, 0.1) is 12.4 Å². The van der Waals surface area contributed by atoms with E-state index in [1.54, 1.807) is 6.26 Å². The van der Waals surface area contributed by atoms with Gasteiger partial charge in [0.25, 0.3) is 0 Å². The van der Waals surface area contributed by atoms with Crippen LogP contribution in [0.5, 0.6) is 0 Å². The first kappa shape index (κ1) is 10.3. The van der Waals surface area contributed by atoms with Crippen molar-refractivity contribution in [2.45, 2.75) is 33.1 Å². The first-order chi connectivity index (χ1) is 6.24. The summed E-state index contributed by atoms with van der Waals surface area (Å²) in [6.45, 7) is 5.41. The van der Waals surface area contributed by atoms with E-state index in [2.05, 4.69) is 5.32 Å². The Morgan fingerprint density at radius 3 is 2.92 bits per heavy atom. The molecule has 1 N–H and O–H groups in total. The second-order valence-electron chi connectivity index (χ2n) is 3.26. The minimum absolute atomic E-state index is 0.243. The molecule has 0 unspecified atom stereocenters. The molecule has 0 aromatic carbocycles. The van der Waals surface area contributed by atoms with Crippen molar-refractivity contribution < 1.29 is 9.15 Å². The van der Waals surface area contributed by atoms with E-state index in [4.69, 9.17) is 9.15 Å². The maximum absolute atomic E-state index is 5.45. The highest BCUT2D eigenvalue weighted by molar-refractivity contribution is 5.15. The zero-order chi connectivity index (χ0) is 9.68. The number of rotatable bonds is 5. The molecule has 0 aliphatic rings. The van der Waals surface area contributed by atoms with E-state index in [1.807, 2.05) is 27.0 Å². The molecular weight excluding hydrogens is 166 g/mol. The van der Waals surface area contributed by atoms with E-state index in [9.17, 15) is 0 Å². The molecule has 0 saturated carbocycles. The molecule has 0 radical (unpaired) electrons. The lowest BCUT2D eigenvalue weighted by Gasteiger charge is -2.06. The van der Waals surface area contributed by atoms with Gasteiger partial charge in [-0.25, -0.2) is 0 Å². The van der Waals surface area contributed by atoms with Crippen LogP contribution in [0.2, 0.25) is 0 Å². The quantitative estimate of drug-likeness (QED) is 0.757. The number of nitrogens with one attached hydrogen (secondary N) is 1. The maximum atomic E-state index is 5.45. The standard InChI is InChI=1S/C10H17NO2/c1-8(2)13-7-10-9(6-11-3)4-5-12-10/h4-5,8,11H,6-7H2,1-3H3. The smallest absolute Gasteiger partial charge is 0.133 e. The summed E-state index contributed by atoms with van der Waals surface area (Å²) in [6, 6.07) is 1.97. The van der Waals surface area contributed by atoms with E-state index in [-0.39, 0.29) is 6.10 Å². The Labute approximate surface area is 79.1 Å². The number of furan rings is 1. The lowest BCUT2D eigenvalue weighted by atomic mass is 10.2. The van der Waals surface area contributed by atoms with Crippen LogP contribution in [0.25, 0.3) is 0 Å². The van der Waals surface area contributed by atoms with Crippen molar-refractivity contribution in [2.24, 2.45) is 0 Å². The van der Waals surface area contributed by atoms with Crippen LogP contribution in [0, 0.1) is 0 Å². The van der Waals surface area contributed by atoms with Gasteiger partial charge in [-0.1, -0.05) is 0 Å². The van der Waals surface area contributed by atoms with Gasteiger partial charge in [-0.2, -0.15) is 0 Å². The van der Waals surface area contributed by atoms with Crippen LogP contribution in [0.3, 0.4) is 0 Å². The lowest BCUT2D eigenvalue weighted by Crippen LogP contribution is -2.08. The summed E-state index contributed by atoms with van der Waals surface area (Å²) in [5.41, 5.74) is 1.17. The predicted octanol–water partition coefficient (Wildman–Crippen LogP) is 1.92. The van der Waals surface area contributed by atoms with Gasteiger partial charge in [-0.05, 0) is 27.0 Å². The molecule has 0 aliphatic heterocycles. The summed E-state index contributed by atoms with van der Waals surface area (Å²) < 4.78 is 10.8. The molecule has 0 saturated heterocycles. The van der Waals surface area contributed by atoms with Crippen molar-refractivity contribution in [1.29, 1.82) is 0 Å². The van der Waals surface area contributed by atoms with E-state index in [0.29, 0.717) is 6.61 Å². The van der Waals surface area contributed by atoms with Crippen molar-refractivity contribution in [2.75, 3.05) is 7.05 Å². The summed E-state index contributed by atoms with van der Waals surface area (Å²) in [4.78, 5) is 0. The third-order valence-electron chi connectivity index (χ3n) is 1.75. The predicted molar refractivity (Wildman–Crippen MR) is 51.4 cm³/mol. The van der Waals surface area contributed by atoms with Crippen molar-refractivity contribution in [3.63, 3.8) is 0 Å². The highest BCUT2D eigenvalue weighted by Gasteiger charge is 2.05. The molecule has 0 atom stereocenters. The van der Waals surface area contributed by atoms with Crippen LogP contribution in [0.15, 0.2) is 16.7 Å². The third-order valence-corrected chi connectivity index (χ3v) is 1.75. The Kier molecular flexibility index (Phi) is 3.99. The topological polar surface area (TPSA) is 34.4 Å². The van der Waals surface area contributed by atoms with Crippen molar-refractivity contribution in [1.82, 2.24) is 5.32 Å². The van der Waals surface area contributed by atoms with Crippen molar-refractivity contribution >= 4 is 0 Å². The largest absolute Gasteiger partial charge is 0.467 e. The average molecular weight is 183 g/mol. The highest BCUT2D eigenvalue weighted by atomic mass is 16.5. The fourth-order valence-electron chi connectivity index (χ4n) is 1.08. The Hall–Kier alpha value is -0.800. The van der Waals surface area contributed by atoms with Gasteiger partial charge in [0.15, 0.2) is 0 Å². The zero-order valence-electron chi connectivity index (χ0n) is 8.46. The Morgan fingerprint density at radius 1 is 1.54 bits per heavy atom. The summed E-state index contributed by atoms with van der Waals surface area (Å²) in [7, 11) is 1.92.